The number of hydrogen-bond acceptors (Lipinski definition) is 4. The molecule has 104 valence electrons. The molecule has 0 aliphatic heterocycles. The number of ether oxygens (including phenoxy) is 3. The van der Waals surface area contributed by atoms with Gasteiger partial charge < -0.3 is 14.2 Å². The van der Waals surface area contributed by atoms with Gasteiger partial charge in [-0.15, -0.1) is 0 Å². The fourth-order valence-corrected chi connectivity index (χ4v) is 1.39. The number of esters is 1. The predicted octanol–water partition coefficient (Wildman–Crippen LogP) is 3.07. The van der Waals surface area contributed by atoms with Crippen LogP contribution in [0.3, 0.4) is 0 Å². The molecule has 1 aromatic rings. The maximum atomic E-state index is 13.9. The molecule has 0 N–H and O–H groups in total. The monoisotopic (exact) mass is 268 g/mol. The van der Waals surface area contributed by atoms with E-state index in [4.69, 9.17) is 14.2 Å². The number of allylic oxidation sites excluding steroid dienone is 1. The van der Waals surface area contributed by atoms with Crippen molar-refractivity contribution in [3.05, 3.63) is 35.9 Å². The number of halogens is 1. The lowest BCUT2D eigenvalue weighted by Gasteiger charge is -2.10. The average molecular weight is 268 g/mol. The topological polar surface area (TPSA) is 44.8 Å². The van der Waals surface area contributed by atoms with Gasteiger partial charge in [0.25, 0.3) is 0 Å². The minimum absolute atomic E-state index is 0.00370. The molecule has 0 unspecified atom stereocenters. The first kappa shape index (κ1) is 15.0. The quantitative estimate of drug-likeness (QED) is 0.452. The lowest BCUT2D eigenvalue weighted by atomic mass is 10.3. The molecule has 0 aromatic heterocycles. The van der Waals surface area contributed by atoms with Crippen LogP contribution in [0.15, 0.2) is 30.0 Å². The third-order valence-electron chi connectivity index (χ3n) is 2.11. The van der Waals surface area contributed by atoms with Crippen LogP contribution < -0.4 is 9.47 Å². The number of carbonyl (C=O) groups is 1. The van der Waals surface area contributed by atoms with E-state index in [1.54, 1.807) is 26.8 Å². The summed E-state index contributed by atoms with van der Waals surface area (Å²) in [5, 5.41) is 0. The first-order chi connectivity index (χ1) is 9.08. The van der Waals surface area contributed by atoms with Gasteiger partial charge in [-0.3, -0.25) is 0 Å². The van der Waals surface area contributed by atoms with Crippen LogP contribution in [0.2, 0.25) is 0 Å². The minimum atomic E-state index is -0.596. The van der Waals surface area contributed by atoms with Crippen molar-refractivity contribution in [1.82, 2.24) is 0 Å². The second-order valence-electron chi connectivity index (χ2n) is 3.61. The second kappa shape index (κ2) is 7.41. The second-order valence-corrected chi connectivity index (χ2v) is 3.61. The van der Waals surface area contributed by atoms with Gasteiger partial charge in [0.15, 0.2) is 11.5 Å². The van der Waals surface area contributed by atoms with Crippen LogP contribution in [-0.2, 0) is 9.53 Å². The average Bonchev–Trinajstić information content (AvgIpc) is 2.34. The summed E-state index contributed by atoms with van der Waals surface area (Å²) in [6, 6.07) is 4.58. The first-order valence-corrected chi connectivity index (χ1v) is 6.02. The molecule has 0 spiro atoms. The van der Waals surface area contributed by atoms with E-state index in [9.17, 15) is 9.18 Å². The number of hydrogen-bond donors (Lipinski definition) is 0. The third kappa shape index (κ3) is 4.62. The van der Waals surface area contributed by atoms with Gasteiger partial charge in [0, 0.05) is 0 Å². The van der Waals surface area contributed by atoms with Crippen molar-refractivity contribution in [2.45, 2.75) is 20.8 Å². The van der Waals surface area contributed by atoms with Gasteiger partial charge in [0.2, 0.25) is 5.82 Å². The van der Waals surface area contributed by atoms with Crippen LogP contribution in [-0.4, -0.2) is 19.2 Å². The summed E-state index contributed by atoms with van der Waals surface area (Å²) in [5.74, 6) is -0.763. The van der Waals surface area contributed by atoms with Crippen LogP contribution in [0.25, 0.3) is 0 Å². The van der Waals surface area contributed by atoms with Gasteiger partial charge in [-0.05, 0) is 32.9 Å². The Hall–Kier alpha value is -2.04. The number of benzene rings is 1. The minimum Gasteiger partial charge on any atom is -0.491 e. The van der Waals surface area contributed by atoms with Crippen molar-refractivity contribution in [2.75, 3.05) is 13.2 Å². The van der Waals surface area contributed by atoms with Crippen LogP contribution in [0.5, 0.6) is 11.5 Å². The van der Waals surface area contributed by atoms with Crippen LogP contribution >= 0.6 is 0 Å². The fourth-order valence-electron chi connectivity index (χ4n) is 1.39. The van der Waals surface area contributed by atoms with Crippen molar-refractivity contribution >= 4 is 5.97 Å². The Kier molecular flexibility index (Phi) is 5.85. The maximum Gasteiger partial charge on any atom is 0.334 e. The number of rotatable bonds is 6. The van der Waals surface area contributed by atoms with E-state index in [1.165, 1.54) is 12.1 Å². The van der Waals surface area contributed by atoms with Gasteiger partial charge >= 0.3 is 5.97 Å². The highest BCUT2D eigenvalue weighted by Gasteiger charge is 2.11. The highest BCUT2D eigenvalue weighted by atomic mass is 19.1. The molecule has 0 aliphatic carbocycles. The van der Waals surface area contributed by atoms with Crippen molar-refractivity contribution in [1.29, 1.82) is 0 Å². The lowest BCUT2D eigenvalue weighted by molar-refractivity contribution is -0.137. The molecule has 0 bridgehead atoms. The van der Waals surface area contributed by atoms with Gasteiger partial charge in [-0.2, -0.15) is 4.39 Å². The van der Waals surface area contributed by atoms with Gasteiger partial charge in [0.05, 0.1) is 19.3 Å². The van der Waals surface area contributed by atoms with E-state index in [1.807, 2.05) is 0 Å². The molecule has 1 rings (SSSR count). The third-order valence-corrected chi connectivity index (χ3v) is 2.11. The zero-order chi connectivity index (χ0) is 14.3. The molecular weight excluding hydrogens is 251 g/mol. The molecule has 0 atom stereocenters. The summed E-state index contributed by atoms with van der Waals surface area (Å²) < 4.78 is 29.0. The zero-order valence-corrected chi connectivity index (χ0v) is 11.2. The Morgan fingerprint density at radius 1 is 1.26 bits per heavy atom. The number of carbonyl (C=O) groups excluding carboxylic acids is 1. The van der Waals surface area contributed by atoms with E-state index in [2.05, 4.69) is 0 Å². The van der Waals surface area contributed by atoms with E-state index in [0.29, 0.717) is 6.61 Å². The predicted molar refractivity (Wildman–Crippen MR) is 68.6 cm³/mol. The van der Waals surface area contributed by atoms with Gasteiger partial charge in [0.1, 0.15) is 5.76 Å². The maximum absolute atomic E-state index is 13.9. The first-order valence-electron chi connectivity index (χ1n) is 6.02. The zero-order valence-electron chi connectivity index (χ0n) is 11.2. The van der Waals surface area contributed by atoms with E-state index in [-0.39, 0.29) is 23.9 Å². The molecule has 5 heteroatoms. The highest BCUT2D eigenvalue weighted by molar-refractivity contribution is 5.82. The van der Waals surface area contributed by atoms with Crippen LogP contribution in [0.1, 0.15) is 20.8 Å². The lowest BCUT2D eigenvalue weighted by Crippen LogP contribution is -2.04. The molecular formula is C14H17FO4. The van der Waals surface area contributed by atoms with E-state index >= 15 is 0 Å². The summed E-state index contributed by atoms with van der Waals surface area (Å²) in [5.41, 5.74) is 0. The Morgan fingerprint density at radius 3 is 2.58 bits per heavy atom. The Bertz CT molecular complexity index is 469. The molecule has 0 radical (unpaired) electrons. The fraction of sp³-hybridized carbons (Fsp3) is 0.357. The van der Waals surface area contributed by atoms with Gasteiger partial charge in [-0.25, -0.2) is 4.79 Å². The Labute approximate surface area is 111 Å². The summed E-state index contributed by atoms with van der Waals surface area (Å²) in [7, 11) is 0. The molecule has 19 heavy (non-hydrogen) atoms. The highest BCUT2D eigenvalue weighted by Crippen LogP contribution is 2.27. The van der Waals surface area contributed by atoms with Gasteiger partial charge in [-0.1, -0.05) is 6.07 Å². The largest absolute Gasteiger partial charge is 0.491 e. The van der Waals surface area contributed by atoms with Crippen molar-refractivity contribution in [2.24, 2.45) is 0 Å². The molecule has 1 aromatic carbocycles. The van der Waals surface area contributed by atoms with Crippen LogP contribution in [0.4, 0.5) is 4.39 Å². The summed E-state index contributed by atoms with van der Waals surface area (Å²) in [4.78, 5) is 11.2. The molecule has 0 aliphatic rings. The summed E-state index contributed by atoms with van der Waals surface area (Å²) >= 11 is 0. The molecule has 0 fully saturated rings. The van der Waals surface area contributed by atoms with E-state index in [0.717, 1.165) is 6.08 Å². The van der Waals surface area contributed by atoms with Crippen molar-refractivity contribution in [3.63, 3.8) is 0 Å². The smallest absolute Gasteiger partial charge is 0.334 e. The van der Waals surface area contributed by atoms with E-state index < -0.39 is 11.8 Å². The standard InChI is InChI=1S/C14H17FO4/c1-4-17-11-7-6-8-12(14(11)15)19-10(3)9-13(16)18-5-2/h6-9H,4-5H2,1-3H3. The Balaban J connectivity index is 2.82. The molecule has 0 heterocycles. The molecule has 0 saturated heterocycles. The summed E-state index contributed by atoms with van der Waals surface area (Å²) in [6.07, 6.45) is 1.16. The van der Waals surface area contributed by atoms with Crippen molar-refractivity contribution < 1.29 is 23.4 Å². The summed E-state index contributed by atoms with van der Waals surface area (Å²) in [6.45, 7) is 5.64. The molecule has 0 saturated carbocycles. The van der Waals surface area contributed by atoms with Crippen LogP contribution in [0, 0.1) is 5.82 Å². The Morgan fingerprint density at radius 2 is 1.95 bits per heavy atom. The normalized spacial score (nSPS) is 11.1. The molecule has 0 amide bonds. The van der Waals surface area contributed by atoms with Crippen molar-refractivity contribution in [3.8, 4) is 11.5 Å². The molecule has 4 nitrogen and oxygen atoms in total. The SMILES string of the molecule is CCOC(=O)C=C(C)Oc1cccc(OCC)c1F.